The van der Waals surface area contributed by atoms with Crippen LogP contribution in [-0.2, 0) is 17.3 Å². The number of nitrogens with zero attached hydrogens (tertiary/aromatic N) is 2. The highest BCUT2D eigenvalue weighted by Gasteiger charge is 2.51. The molecule has 1 aromatic carbocycles. The van der Waals surface area contributed by atoms with Gasteiger partial charge in [-0.1, -0.05) is 23.7 Å². The largest absolute Gasteiger partial charge is 0.349 e. The van der Waals surface area contributed by atoms with E-state index >= 15 is 0 Å². The van der Waals surface area contributed by atoms with Crippen LogP contribution in [0.3, 0.4) is 0 Å². The number of rotatable bonds is 4. The molecule has 1 aliphatic carbocycles. The molecule has 0 bridgehead atoms. The van der Waals surface area contributed by atoms with Gasteiger partial charge in [0.15, 0.2) is 0 Å². The molecule has 1 aliphatic rings. The van der Waals surface area contributed by atoms with Crippen LogP contribution in [0.4, 0.5) is 0 Å². The van der Waals surface area contributed by atoms with Gasteiger partial charge in [0.1, 0.15) is 0 Å². The van der Waals surface area contributed by atoms with E-state index in [0.717, 1.165) is 35.4 Å². The first-order valence-electron chi connectivity index (χ1n) is 7.92. The molecule has 3 rings (SSSR count). The van der Waals surface area contributed by atoms with Crippen LogP contribution >= 0.6 is 11.6 Å². The fourth-order valence-electron chi connectivity index (χ4n) is 3.36. The van der Waals surface area contributed by atoms with Crippen molar-refractivity contribution in [2.24, 2.45) is 7.05 Å². The summed E-state index contributed by atoms with van der Waals surface area (Å²) in [6.07, 6.45) is 1.77. The summed E-state index contributed by atoms with van der Waals surface area (Å²) in [6.45, 7) is 6.04. The molecule has 0 radical (unpaired) electrons. The van der Waals surface area contributed by atoms with Gasteiger partial charge in [-0.3, -0.25) is 9.48 Å². The van der Waals surface area contributed by atoms with Crippen molar-refractivity contribution in [1.82, 2.24) is 15.1 Å². The molecule has 4 nitrogen and oxygen atoms in total. The SMILES string of the molecule is Cc1nn(C)c(C)c1C(C)NC(=O)C1(c2ccc(Cl)cc2)CC1. The standard InChI is InChI=1S/C18H22ClN3O/c1-11(16-12(2)21-22(4)13(16)3)20-17(23)18(9-10-18)14-5-7-15(19)8-6-14/h5-8,11H,9-10H2,1-4H3,(H,20,23). The third kappa shape index (κ3) is 2.76. The molecule has 1 aromatic heterocycles. The smallest absolute Gasteiger partial charge is 0.231 e. The zero-order chi connectivity index (χ0) is 16.8. The number of nitrogens with one attached hydrogen (secondary N) is 1. The summed E-state index contributed by atoms with van der Waals surface area (Å²) in [4.78, 5) is 12.9. The van der Waals surface area contributed by atoms with Crippen molar-refractivity contribution in [3.05, 3.63) is 51.8 Å². The third-order valence-corrected chi connectivity index (χ3v) is 5.18. The van der Waals surface area contributed by atoms with Crippen LogP contribution in [0.5, 0.6) is 0 Å². The maximum atomic E-state index is 12.9. The van der Waals surface area contributed by atoms with E-state index in [9.17, 15) is 4.79 Å². The van der Waals surface area contributed by atoms with Crippen molar-refractivity contribution >= 4 is 17.5 Å². The highest BCUT2D eigenvalue weighted by molar-refractivity contribution is 6.30. The molecule has 1 N–H and O–H groups in total. The van der Waals surface area contributed by atoms with Gasteiger partial charge in [-0.15, -0.1) is 0 Å². The van der Waals surface area contributed by atoms with Gasteiger partial charge in [-0.25, -0.2) is 0 Å². The normalized spacial score (nSPS) is 16.9. The topological polar surface area (TPSA) is 46.9 Å². The summed E-state index contributed by atoms with van der Waals surface area (Å²) in [7, 11) is 1.93. The van der Waals surface area contributed by atoms with Crippen LogP contribution in [0.1, 0.15) is 48.3 Å². The number of halogens is 1. The average Bonchev–Trinajstić information content (AvgIpc) is 3.25. The third-order valence-electron chi connectivity index (χ3n) is 4.93. The number of amides is 1. The summed E-state index contributed by atoms with van der Waals surface area (Å²) >= 11 is 5.95. The Kier molecular flexibility index (Phi) is 3.96. The van der Waals surface area contributed by atoms with E-state index < -0.39 is 0 Å². The van der Waals surface area contributed by atoms with Gasteiger partial charge < -0.3 is 5.32 Å². The van der Waals surface area contributed by atoms with Crippen molar-refractivity contribution < 1.29 is 4.79 Å². The van der Waals surface area contributed by atoms with E-state index in [1.54, 1.807) is 0 Å². The van der Waals surface area contributed by atoms with Gasteiger partial charge in [0.2, 0.25) is 5.91 Å². The predicted octanol–water partition coefficient (Wildman–Crippen LogP) is 3.60. The Balaban J connectivity index is 1.80. The van der Waals surface area contributed by atoms with Crippen LogP contribution < -0.4 is 5.32 Å². The fourth-order valence-corrected chi connectivity index (χ4v) is 3.49. The van der Waals surface area contributed by atoms with Crippen LogP contribution in [0, 0.1) is 13.8 Å². The van der Waals surface area contributed by atoms with Crippen molar-refractivity contribution in [3.8, 4) is 0 Å². The number of carbonyl (C=O) groups excluding carboxylic acids is 1. The Labute approximate surface area is 141 Å². The molecule has 0 saturated heterocycles. The van der Waals surface area contributed by atoms with Gasteiger partial charge >= 0.3 is 0 Å². The van der Waals surface area contributed by atoms with Crippen LogP contribution in [0.15, 0.2) is 24.3 Å². The summed E-state index contributed by atoms with van der Waals surface area (Å²) in [5, 5.41) is 8.31. The van der Waals surface area contributed by atoms with E-state index in [1.807, 2.05) is 56.8 Å². The molecule has 0 aliphatic heterocycles. The summed E-state index contributed by atoms with van der Waals surface area (Å²) in [6, 6.07) is 7.56. The van der Waals surface area contributed by atoms with E-state index in [2.05, 4.69) is 10.4 Å². The summed E-state index contributed by atoms with van der Waals surface area (Å²) < 4.78 is 1.86. The maximum Gasteiger partial charge on any atom is 0.231 e. The van der Waals surface area contributed by atoms with E-state index in [-0.39, 0.29) is 17.4 Å². The minimum Gasteiger partial charge on any atom is -0.349 e. The Hall–Kier alpha value is -1.81. The molecule has 1 heterocycles. The van der Waals surface area contributed by atoms with Crippen molar-refractivity contribution in [1.29, 1.82) is 0 Å². The number of benzene rings is 1. The van der Waals surface area contributed by atoms with E-state index in [4.69, 9.17) is 11.6 Å². The molecule has 1 saturated carbocycles. The number of carbonyl (C=O) groups is 1. The molecule has 23 heavy (non-hydrogen) atoms. The fraction of sp³-hybridized carbons (Fsp3) is 0.444. The lowest BCUT2D eigenvalue weighted by atomic mass is 9.94. The predicted molar refractivity (Wildman–Crippen MR) is 91.6 cm³/mol. The van der Waals surface area contributed by atoms with Gasteiger partial charge in [-0.05, 0) is 51.3 Å². The van der Waals surface area contributed by atoms with Crippen LogP contribution in [-0.4, -0.2) is 15.7 Å². The minimum atomic E-state index is -0.386. The van der Waals surface area contributed by atoms with Crippen molar-refractivity contribution in [2.75, 3.05) is 0 Å². The lowest BCUT2D eigenvalue weighted by molar-refractivity contribution is -0.124. The second-order valence-electron chi connectivity index (χ2n) is 6.49. The molecule has 1 amide bonds. The van der Waals surface area contributed by atoms with Gasteiger partial charge in [0.25, 0.3) is 0 Å². The van der Waals surface area contributed by atoms with Crippen LogP contribution in [0.2, 0.25) is 5.02 Å². The number of hydrogen-bond donors (Lipinski definition) is 1. The van der Waals surface area contributed by atoms with E-state index in [0.29, 0.717) is 5.02 Å². The number of aryl methyl sites for hydroxylation is 2. The molecular weight excluding hydrogens is 310 g/mol. The monoisotopic (exact) mass is 331 g/mol. The number of hydrogen-bond acceptors (Lipinski definition) is 2. The Morgan fingerprint density at radius 1 is 1.30 bits per heavy atom. The Bertz CT molecular complexity index is 744. The molecule has 0 spiro atoms. The maximum absolute atomic E-state index is 12.9. The Morgan fingerprint density at radius 3 is 2.39 bits per heavy atom. The quantitative estimate of drug-likeness (QED) is 0.930. The highest BCUT2D eigenvalue weighted by atomic mass is 35.5. The first-order valence-corrected chi connectivity index (χ1v) is 8.30. The first-order chi connectivity index (χ1) is 10.8. The second kappa shape index (κ2) is 5.68. The van der Waals surface area contributed by atoms with Gasteiger partial charge in [-0.2, -0.15) is 5.10 Å². The summed E-state index contributed by atoms with van der Waals surface area (Å²) in [5.41, 5.74) is 3.82. The van der Waals surface area contributed by atoms with Gasteiger partial charge in [0.05, 0.1) is 17.2 Å². The Morgan fingerprint density at radius 2 is 1.91 bits per heavy atom. The molecule has 2 aromatic rings. The van der Waals surface area contributed by atoms with Crippen molar-refractivity contribution in [2.45, 2.75) is 45.1 Å². The summed E-state index contributed by atoms with van der Waals surface area (Å²) in [5.74, 6) is 0.0926. The first kappa shape index (κ1) is 16.1. The molecule has 1 atom stereocenters. The zero-order valence-electron chi connectivity index (χ0n) is 14.0. The minimum absolute atomic E-state index is 0.0547. The lowest BCUT2D eigenvalue weighted by Crippen LogP contribution is -2.36. The number of aromatic nitrogens is 2. The second-order valence-corrected chi connectivity index (χ2v) is 6.93. The average molecular weight is 332 g/mol. The highest BCUT2D eigenvalue weighted by Crippen LogP contribution is 2.49. The lowest BCUT2D eigenvalue weighted by Gasteiger charge is -2.20. The molecule has 1 fully saturated rings. The van der Waals surface area contributed by atoms with Gasteiger partial charge in [0, 0.05) is 23.3 Å². The van der Waals surface area contributed by atoms with Crippen molar-refractivity contribution in [3.63, 3.8) is 0 Å². The van der Waals surface area contributed by atoms with E-state index in [1.165, 1.54) is 0 Å². The molecular formula is C18H22ClN3O. The molecule has 1 unspecified atom stereocenters. The molecule has 5 heteroatoms. The van der Waals surface area contributed by atoms with Crippen LogP contribution in [0.25, 0.3) is 0 Å². The zero-order valence-corrected chi connectivity index (χ0v) is 14.7. The molecule has 122 valence electrons.